The Bertz CT molecular complexity index is 1100. The number of thiazole rings is 1. The Hall–Kier alpha value is -3.37. The molecule has 0 saturated heterocycles. The number of nitriles is 1. The van der Waals surface area contributed by atoms with Gasteiger partial charge in [0.15, 0.2) is 0 Å². The van der Waals surface area contributed by atoms with Gasteiger partial charge in [-0.05, 0) is 31.2 Å². The third-order valence-electron chi connectivity index (χ3n) is 3.89. The van der Waals surface area contributed by atoms with Gasteiger partial charge in [0.05, 0.1) is 10.2 Å². The van der Waals surface area contributed by atoms with Crippen LogP contribution in [-0.4, -0.2) is 15.5 Å². The summed E-state index contributed by atoms with van der Waals surface area (Å²) in [5, 5.41) is 10.2. The van der Waals surface area contributed by atoms with E-state index in [0.29, 0.717) is 16.7 Å². The number of aryl methyl sites for hydroxylation is 1. The number of hydrogen-bond acceptors (Lipinski definition) is 6. The van der Waals surface area contributed by atoms with Crippen molar-refractivity contribution in [3.63, 3.8) is 0 Å². The number of aromatic nitrogens is 2. The molecule has 0 radical (unpaired) electrons. The molecule has 0 aliphatic carbocycles. The van der Waals surface area contributed by atoms with Crippen molar-refractivity contribution >= 4 is 27.5 Å². The molecular formula is C19H13N3O3S. The molecule has 7 heteroatoms. The second-order valence-corrected chi connectivity index (χ2v) is 6.68. The van der Waals surface area contributed by atoms with Gasteiger partial charge >= 0.3 is 5.97 Å². The number of furan rings is 1. The van der Waals surface area contributed by atoms with Crippen LogP contribution in [-0.2, 0) is 11.3 Å². The van der Waals surface area contributed by atoms with Crippen LogP contribution in [0.4, 0.5) is 0 Å². The molecule has 0 spiro atoms. The molecule has 0 N–H and O–H groups in total. The average Bonchev–Trinajstić information content (AvgIpc) is 3.36. The predicted molar refractivity (Wildman–Crippen MR) is 96.2 cm³/mol. The molecule has 1 aromatic carbocycles. The number of carbonyl (C=O) groups is 1. The van der Waals surface area contributed by atoms with Crippen molar-refractivity contribution in [2.24, 2.45) is 0 Å². The molecular weight excluding hydrogens is 350 g/mol. The lowest BCUT2D eigenvalue weighted by atomic mass is 10.1. The van der Waals surface area contributed by atoms with Gasteiger partial charge in [-0.25, -0.2) is 9.78 Å². The molecule has 0 atom stereocenters. The lowest BCUT2D eigenvalue weighted by Gasteiger charge is -2.02. The number of hydrogen-bond donors (Lipinski definition) is 0. The maximum Gasteiger partial charge on any atom is 0.343 e. The number of rotatable bonds is 4. The third-order valence-corrected chi connectivity index (χ3v) is 4.90. The van der Waals surface area contributed by atoms with Gasteiger partial charge in [-0.15, -0.1) is 11.3 Å². The van der Waals surface area contributed by atoms with E-state index >= 15 is 0 Å². The zero-order valence-electron chi connectivity index (χ0n) is 13.8. The molecule has 6 nitrogen and oxygen atoms in total. The second kappa shape index (κ2) is 6.50. The van der Waals surface area contributed by atoms with Crippen LogP contribution in [0.5, 0.6) is 0 Å². The molecule has 3 aromatic heterocycles. The zero-order chi connectivity index (χ0) is 18.1. The van der Waals surface area contributed by atoms with Crippen molar-refractivity contribution in [1.82, 2.24) is 9.55 Å². The van der Waals surface area contributed by atoms with E-state index in [1.54, 1.807) is 23.9 Å². The quantitative estimate of drug-likeness (QED) is 0.507. The first-order chi connectivity index (χ1) is 12.7. The van der Waals surface area contributed by atoms with E-state index in [-0.39, 0.29) is 17.7 Å². The fourth-order valence-corrected chi connectivity index (χ4v) is 3.59. The van der Waals surface area contributed by atoms with Gasteiger partial charge < -0.3 is 9.15 Å². The number of ether oxygens (including phenoxy) is 1. The van der Waals surface area contributed by atoms with Crippen LogP contribution in [0.2, 0.25) is 0 Å². The topological polar surface area (TPSA) is 81.0 Å². The Balaban J connectivity index is 1.59. The molecule has 128 valence electrons. The highest BCUT2D eigenvalue weighted by Crippen LogP contribution is 2.27. The molecule has 0 saturated carbocycles. The predicted octanol–water partition coefficient (Wildman–Crippen LogP) is 4.22. The maximum atomic E-state index is 12.6. The largest absolute Gasteiger partial charge is 0.455 e. The van der Waals surface area contributed by atoms with E-state index in [1.807, 2.05) is 42.5 Å². The van der Waals surface area contributed by atoms with E-state index in [9.17, 15) is 10.1 Å². The minimum Gasteiger partial charge on any atom is -0.455 e. The summed E-state index contributed by atoms with van der Waals surface area (Å²) >= 11 is 1.47. The standard InChI is InChI=1S/C19H13N3O3S/c1-12-17(13(10-20)18(25-12)22-8-4-5-9-22)19(23)24-11-16-21-14-6-2-3-7-15(14)26-16/h2-9H,11H2,1H3. The Labute approximate surface area is 152 Å². The van der Waals surface area contributed by atoms with Crippen LogP contribution in [0.15, 0.2) is 53.2 Å². The molecule has 3 heterocycles. The number of benzene rings is 1. The van der Waals surface area contributed by atoms with E-state index in [2.05, 4.69) is 4.98 Å². The molecule has 0 bridgehead atoms. The molecule has 26 heavy (non-hydrogen) atoms. The lowest BCUT2D eigenvalue weighted by molar-refractivity contribution is 0.0470. The van der Waals surface area contributed by atoms with E-state index in [0.717, 1.165) is 10.2 Å². The highest BCUT2D eigenvalue weighted by atomic mass is 32.1. The van der Waals surface area contributed by atoms with Crippen molar-refractivity contribution in [1.29, 1.82) is 5.26 Å². The number of nitrogens with zero attached hydrogens (tertiary/aromatic N) is 3. The van der Waals surface area contributed by atoms with Crippen LogP contribution < -0.4 is 0 Å². The number of para-hydroxylation sites is 1. The summed E-state index contributed by atoms with van der Waals surface area (Å²) < 4.78 is 13.7. The van der Waals surface area contributed by atoms with Gasteiger partial charge in [0.1, 0.15) is 34.6 Å². The van der Waals surface area contributed by atoms with Crippen LogP contribution >= 0.6 is 11.3 Å². The highest BCUT2D eigenvalue weighted by Gasteiger charge is 2.26. The SMILES string of the molecule is Cc1oc(-n2cccc2)c(C#N)c1C(=O)OCc1nc2ccccc2s1. The molecule has 0 fully saturated rings. The summed E-state index contributed by atoms with van der Waals surface area (Å²) in [5.74, 6) is 0.0574. The molecule has 0 aliphatic heterocycles. The molecule has 0 aliphatic rings. The summed E-state index contributed by atoms with van der Waals surface area (Å²) in [6.07, 6.45) is 3.49. The zero-order valence-corrected chi connectivity index (χ0v) is 14.6. The number of carbonyl (C=O) groups excluding carboxylic acids is 1. The second-order valence-electron chi connectivity index (χ2n) is 5.57. The van der Waals surface area contributed by atoms with Crippen LogP contribution in [0.1, 0.15) is 26.7 Å². The van der Waals surface area contributed by atoms with Crippen LogP contribution in [0.3, 0.4) is 0 Å². The van der Waals surface area contributed by atoms with Crippen LogP contribution in [0, 0.1) is 18.3 Å². The Morgan fingerprint density at radius 2 is 2.08 bits per heavy atom. The van der Waals surface area contributed by atoms with E-state index in [1.165, 1.54) is 11.3 Å². The van der Waals surface area contributed by atoms with Crippen molar-refractivity contribution in [2.75, 3.05) is 0 Å². The van der Waals surface area contributed by atoms with Gasteiger partial charge in [0.2, 0.25) is 5.88 Å². The van der Waals surface area contributed by atoms with Gasteiger partial charge in [-0.3, -0.25) is 4.57 Å². The Morgan fingerprint density at radius 1 is 1.31 bits per heavy atom. The highest BCUT2D eigenvalue weighted by molar-refractivity contribution is 7.18. The average molecular weight is 363 g/mol. The summed E-state index contributed by atoms with van der Waals surface area (Å²) in [7, 11) is 0. The first-order valence-electron chi connectivity index (χ1n) is 7.86. The number of esters is 1. The Kier molecular flexibility index (Phi) is 4.03. The van der Waals surface area contributed by atoms with Crippen LogP contribution in [0.25, 0.3) is 16.1 Å². The normalized spacial score (nSPS) is 10.8. The van der Waals surface area contributed by atoms with Crippen molar-refractivity contribution in [3.8, 4) is 12.0 Å². The van der Waals surface area contributed by atoms with Crippen molar-refractivity contribution in [2.45, 2.75) is 13.5 Å². The molecule has 4 aromatic rings. The molecule has 0 unspecified atom stereocenters. The van der Waals surface area contributed by atoms with E-state index in [4.69, 9.17) is 9.15 Å². The number of fused-ring (bicyclic) bond motifs is 1. The van der Waals surface area contributed by atoms with Gasteiger partial charge in [-0.2, -0.15) is 5.26 Å². The maximum absolute atomic E-state index is 12.6. The summed E-state index contributed by atoms with van der Waals surface area (Å²) in [4.78, 5) is 17.0. The first kappa shape index (κ1) is 16.1. The van der Waals surface area contributed by atoms with Crippen molar-refractivity contribution < 1.29 is 13.9 Å². The lowest BCUT2D eigenvalue weighted by Crippen LogP contribution is -2.07. The monoisotopic (exact) mass is 363 g/mol. The third kappa shape index (κ3) is 2.76. The van der Waals surface area contributed by atoms with Gasteiger partial charge in [0, 0.05) is 12.4 Å². The fraction of sp³-hybridized carbons (Fsp3) is 0.105. The molecule has 4 rings (SSSR count). The summed E-state index contributed by atoms with van der Waals surface area (Å²) in [6, 6.07) is 13.4. The molecule has 0 amide bonds. The summed E-state index contributed by atoms with van der Waals surface area (Å²) in [6.45, 7) is 1.69. The van der Waals surface area contributed by atoms with Gasteiger partial charge in [0.25, 0.3) is 0 Å². The fourth-order valence-electron chi connectivity index (χ4n) is 2.71. The van der Waals surface area contributed by atoms with E-state index < -0.39 is 5.97 Å². The summed E-state index contributed by atoms with van der Waals surface area (Å²) in [5.41, 5.74) is 1.18. The minimum atomic E-state index is -0.597. The Morgan fingerprint density at radius 3 is 2.81 bits per heavy atom. The minimum absolute atomic E-state index is 0.0481. The van der Waals surface area contributed by atoms with Crippen molar-refractivity contribution in [3.05, 3.63) is 70.7 Å². The first-order valence-corrected chi connectivity index (χ1v) is 8.67. The smallest absolute Gasteiger partial charge is 0.343 e. The van der Waals surface area contributed by atoms with Gasteiger partial charge in [-0.1, -0.05) is 12.1 Å².